The minimum atomic E-state index is -0.480. The second kappa shape index (κ2) is 12.8. The van der Waals surface area contributed by atoms with Gasteiger partial charge in [-0.3, -0.25) is 0 Å². The third-order valence-corrected chi connectivity index (χ3v) is 6.77. The highest BCUT2D eigenvalue weighted by Gasteiger charge is 2.24. The Labute approximate surface area is 211 Å². The fourth-order valence-electron chi connectivity index (χ4n) is 4.40. The van der Waals surface area contributed by atoms with E-state index in [1.54, 1.807) is 18.2 Å². The number of fused-ring (bicyclic) bond motifs is 1. The van der Waals surface area contributed by atoms with Crippen LogP contribution in [-0.4, -0.2) is 25.9 Å². The van der Waals surface area contributed by atoms with E-state index >= 15 is 4.39 Å². The van der Waals surface area contributed by atoms with Gasteiger partial charge in [-0.2, -0.15) is 0 Å². The van der Waals surface area contributed by atoms with Crippen molar-refractivity contribution in [3.05, 3.63) is 81.9 Å². The molecule has 188 valence electrons. The quantitative estimate of drug-likeness (QED) is 0.249. The average Bonchev–Trinajstić information content (AvgIpc) is 2.88. The Morgan fingerprint density at radius 3 is 2.49 bits per heavy atom. The summed E-state index contributed by atoms with van der Waals surface area (Å²) < 4.78 is 46.5. The molecule has 0 spiro atoms. The van der Waals surface area contributed by atoms with E-state index in [9.17, 15) is 4.39 Å². The lowest BCUT2D eigenvalue weighted by Crippen LogP contribution is -2.33. The molecule has 3 nitrogen and oxygen atoms in total. The number of ether oxygens (including phenoxy) is 3. The van der Waals surface area contributed by atoms with Crippen LogP contribution in [0.5, 0.6) is 0 Å². The maximum absolute atomic E-state index is 15.2. The fourth-order valence-corrected chi connectivity index (χ4v) is 4.52. The summed E-state index contributed by atoms with van der Waals surface area (Å²) in [6.07, 6.45) is 6.50. The molecule has 0 radical (unpaired) electrons. The summed E-state index contributed by atoms with van der Waals surface area (Å²) in [6, 6.07) is 13.9. The molecule has 1 heterocycles. The highest BCUT2D eigenvalue weighted by Crippen LogP contribution is 2.29. The average molecular weight is 503 g/mol. The largest absolute Gasteiger partial charge is 0.373 e. The minimum absolute atomic E-state index is 0.0491. The molecule has 0 aromatic heterocycles. The zero-order valence-corrected chi connectivity index (χ0v) is 21.0. The first-order chi connectivity index (χ1) is 17.0. The highest BCUT2D eigenvalue weighted by atomic mass is 35.5. The van der Waals surface area contributed by atoms with Crippen LogP contribution >= 0.6 is 11.6 Å². The zero-order chi connectivity index (χ0) is 24.6. The van der Waals surface area contributed by atoms with E-state index in [1.807, 2.05) is 18.2 Å². The first kappa shape index (κ1) is 26.0. The molecule has 6 heteroatoms. The molecule has 1 aliphatic rings. The van der Waals surface area contributed by atoms with Crippen molar-refractivity contribution >= 4 is 22.4 Å². The Morgan fingerprint density at radius 1 is 0.914 bits per heavy atom. The van der Waals surface area contributed by atoms with Gasteiger partial charge in [0, 0.05) is 17.6 Å². The van der Waals surface area contributed by atoms with Crippen LogP contribution in [0, 0.1) is 11.6 Å². The van der Waals surface area contributed by atoms with Crippen molar-refractivity contribution in [1.82, 2.24) is 0 Å². The predicted molar refractivity (Wildman–Crippen MR) is 136 cm³/mol. The van der Waals surface area contributed by atoms with Crippen molar-refractivity contribution in [1.29, 1.82) is 0 Å². The maximum Gasteiger partial charge on any atom is 0.184 e. The van der Waals surface area contributed by atoms with E-state index in [0.29, 0.717) is 37.0 Å². The second-order valence-electron chi connectivity index (χ2n) is 9.17. The number of benzene rings is 3. The molecule has 1 saturated heterocycles. The summed E-state index contributed by atoms with van der Waals surface area (Å²) in [6.45, 7) is 3.91. The summed E-state index contributed by atoms with van der Waals surface area (Å²) in [5.74, 6) is -0.704. The standard InChI is InChI=1S/C29H33ClF2O3/c1-2-3-4-5-6-15-33-24-18-34-29(35-19-24)23-12-13-25-22(17-23)11-10-21(28(25)32)9-7-20-8-14-26(30)27(31)16-20/h8,10-14,16-17,24,29H,2-7,9,15,18-19H2,1H3. The molecule has 0 saturated carbocycles. The number of hydrogen-bond donors (Lipinski definition) is 0. The Bertz CT molecular complexity index is 1110. The van der Waals surface area contributed by atoms with Crippen LogP contribution in [0.2, 0.25) is 5.02 Å². The molecule has 0 N–H and O–H groups in total. The molecule has 35 heavy (non-hydrogen) atoms. The van der Waals surface area contributed by atoms with E-state index in [1.165, 1.54) is 37.8 Å². The molecule has 3 aromatic carbocycles. The normalized spacial score (nSPS) is 18.3. The summed E-state index contributed by atoms with van der Waals surface area (Å²) in [5.41, 5.74) is 2.24. The topological polar surface area (TPSA) is 27.7 Å². The number of hydrogen-bond acceptors (Lipinski definition) is 3. The summed E-state index contributed by atoms with van der Waals surface area (Å²) in [5, 5.41) is 1.43. The van der Waals surface area contributed by atoms with E-state index in [-0.39, 0.29) is 16.9 Å². The lowest BCUT2D eigenvalue weighted by atomic mass is 9.99. The number of rotatable bonds is 11. The van der Waals surface area contributed by atoms with Crippen molar-refractivity contribution in [2.24, 2.45) is 0 Å². The molecule has 1 fully saturated rings. The van der Waals surface area contributed by atoms with Gasteiger partial charge in [-0.25, -0.2) is 8.78 Å². The Morgan fingerprint density at radius 2 is 1.71 bits per heavy atom. The molecule has 0 unspecified atom stereocenters. The van der Waals surface area contributed by atoms with Gasteiger partial charge in [-0.05, 0) is 54.0 Å². The van der Waals surface area contributed by atoms with Gasteiger partial charge in [0.1, 0.15) is 17.7 Å². The van der Waals surface area contributed by atoms with Crippen LogP contribution in [0.15, 0.2) is 48.5 Å². The van der Waals surface area contributed by atoms with Crippen molar-refractivity contribution in [2.45, 2.75) is 64.3 Å². The smallest absolute Gasteiger partial charge is 0.184 e. The third kappa shape index (κ3) is 7.01. The van der Waals surface area contributed by atoms with E-state index in [0.717, 1.165) is 29.5 Å². The van der Waals surface area contributed by atoms with E-state index in [2.05, 4.69) is 6.92 Å². The van der Waals surface area contributed by atoms with Crippen molar-refractivity contribution in [3.63, 3.8) is 0 Å². The SMILES string of the molecule is CCCCCCCOC1COC(c2ccc3c(F)c(CCc4ccc(Cl)c(F)c4)ccc3c2)OC1. The molecule has 0 atom stereocenters. The van der Waals surface area contributed by atoms with Crippen LogP contribution in [0.4, 0.5) is 8.78 Å². The van der Waals surface area contributed by atoms with Gasteiger partial charge in [0.05, 0.1) is 18.2 Å². The van der Waals surface area contributed by atoms with Crippen molar-refractivity contribution < 1.29 is 23.0 Å². The van der Waals surface area contributed by atoms with Gasteiger partial charge in [0.2, 0.25) is 0 Å². The van der Waals surface area contributed by atoms with Crippen molar-refractivity contribution in [3.8, 4) is 0 Å². The van der Waals surface area contributed by atoms with Crippen molar-refractivity contribution in [2.75, 3.05) is 19.8 Å². The molecular weight excluding hydrogens is 470 g/mol. The van der Waals surface area contributed by atoms with Crippen LogP contribution < -0.4 is 0 Å². The summed E-state index contributed by atoms with van der Waals surface area (Å²) in [4.78, 5) is 0. The molecule has 3 aromatic rings. The Hall–Kier alpha value is -2.05. The van der Waals surface area contributed by atoms with Gasteiger partial charge in [0.15, 0.2) is 6.29 Å². The number of halogens is 3. The first-order valence-electron chi connectivity index (χ1n) is 12.5. The van der Waals surface area contributed by atoms with E-state index in [4.69, 9.17) is 25.8 Å². The Kier molecular flexibility index (Phi) is 9.50. The van der Waals surface area contributed by atoms with Gasteiger partial charge < -0.3 is 14.2 Å². The zero-order valence-electron chi connectivity index (χ0n) is 20.2. The van der Waals surface area contributed by atoms with Gasteiger partial charge in [-0.1, -0.05) is 74.5 Å². The molecule has 0 amide bonds. The molecule has 4 rings (SSSR count). The molecular formula is C29H33ClF2O3. The lowest BCUT2D eigenvalue weighted by Gasteiger charge is -2.29. The predicted octanol–water partition coefficient (Wildman–Crippen LogP) is 7.96. The fraction of sp³-hybridized carbons (Fsp3) is 0.448. The Balaban J connectivity index is 1.31. The van der Waals surface area contributed by atoms with Crippen LogP contribution in [-0.2, 0) is 27.1 Å². The minimum Gasteiger partial charge on any atom is -0.373 e. The first-order valence-corrected chi connectivity index (χ1v) is 12.9. The number of unbranched alkanes of at least 4 members (excludes halogenated alkanes) is 4. The third-order valence-electron chi connectivity index (χ3n) is 6.47. The van der Waals surface area contributed by atoms with Crippen LogP contribution in [0.3, 0.4) is 0 Å². The maximum atomic E-state index is 15.2. The monoisotopic (exact) mass is 502 g/mol. The summed E-state index contributed by atoms with van der Waals surface area (Å²) in [7, 11) is 0. The van der Waals surface area contributed by atoms with Gasteiger partial charge >= 0.3 is 0 Å². The molecule has 0 bridgehead atoms. The molecule has 0 aliphatic carbocycles. The van der Waals surface area contributed by atoms with Crippen LogP contribution in [0.25, 0.3) is 10.8 Å². The summed E-state index contributed by atoms with van der Waals surface area (Å²) >= 11 is 5.74. The van der Waals surface area contributed by atoms with Gasteiger partial charge in [0.25, 0.3) is 0 Å². The number of aryl methyl sites for hydroxylation is 2. The molecule has 1 aliphatic heterocycles. The van der Waals surface area contributed by atoms with Gasteiger partial charge in [-0.15, -0.1) is 0 Å². The highest BCUT2D eigenvalue weighted by molar-refractivity contribution is 6.30. The van der Waals surface area contributed by atoms with Crippen LogP contribution in [0.1, 0.15) is 62.0 Å². The lowest BCUT2D eigenvalue weighted by molar-refractivity contribution is -0.230. The van der Waals surface area contributed by atoms with E-state index < -0.39 is 12.1 Å². The second-order valence-corrected chi connectivity index (χ2v) is 9.58.